The van der Waals surface area contributed by atoms with Gasteiger partial charge < -0.3 is 61.7 Å². The number of anilines is 1. The molecule has 0 radical (unpaired) electrons. The molecule has 13 N–H and O–H groups in total. The van der Waals surface area contributed by atoms with E-state index in [1.54, 1.807) is 7.05 Å². The third-order valence-corrected chi connectivity index (χ3v) is 7.74. The fourth-order valence-corrected chi connectivity index (χ4v) is 5.69. The number of phosphoric ester groups is 1. The van der Waals surface area contributed by atoms with Gasteiger partial charge in [-0.15, -0.1) is 0 Å². The van der Waals surface area contributed by atoms with Crippen molar-refractivity contribution in [2.45, 2.75) is 48.9 Å². The number of nitrogens with zero attached hydrogens (tertiary/aromatic N) is 5. The van der Waals surface area contributed by atoms with Gasteiger partial charge in [0, 0.05) is 13.3 Å². The lowest BCUT2D eigenvalue weighted by atomic mass is 10.0. The first-order valence-electron chi connectivity index (χ1n) is 13.0. The Kier molecular flexibility index (Phi) is 13.5. The number of aromatic amines is 1. The van der Waals surface area contributed by atoms with Crippen LogP contribution in [0.15, 0.2) is 21.2 Å². The number of aliphatic hydroxyl groups is 3. The number of hydrazone groups is 1. The molecule has 1 aliphatic rings. The van der Waals surface area contributed by atoms with Crippen LogP contribution >= 0.6 is 16.1 Å². The van der Waals surface area contributed by atoms with Gasteiger partial charge in [-0.05, 0) is 0 Å². The zero-order chi connectivity index (χ0) is 33.3. The number of H-pyrrole nitrogens is 1. The fraction of sp³-hybridized carbons (Fsp3) is 0.650. The Balaban J connectivity index is 1.86. The van der Waals surface area contributed by atoms with Crippen LogP contribution in [0.1, 0.15) is 6.23 Å². The van der Waals surface area contributed by atoms with Crippen molar-refractivity contribution < 1.29 is 57.3 Å². The molecule has 3 heterocycles. The first-order valence-corrected chi connectivity index (χ1v) is 15.7. The molecule has 0 aliphatic carbocycles. The minimum atomic E-state index is -5.22. The molecule has 23 nitrogen and oxygen atoms in total. The monoisotopic (exact) mass is 686 g/mol. The Morgan fingerprint density at radius 2 is 2.16 bits per heavy atom. The van der Waals surface area contributed by atoms with Crippen molar-refractivity contribution in [1.29, 1.82) is 0 Å². The van der Waals surface area contributed by atoms with E-state index in [9.17, 15) is 39.0 Å². The van der Waals surface area contributed by atoms with Gasteiger partial charge in [-0.25, -0.2) is 9.55 Å². The minimum Gasteiger partial charge on any atom is -0.394 e. The molecular weight excluding hydrogens is 650 g/mol. The molecule has 3 rings (SSSR count). The summed E-state index contributed by atoms with van der Waals surface area (Å²) in [7, 11) is -7.40. The van der Waals surface area contributed by atoms with E-state index in [0.29, 0.717) is 0 Å². The maximum Gasteiger partial charge on any atom is 0.472 e. The minimum absolute atomic E-state index is 0.132. The summed E-state index contributed by atoms with van der Waals surface area (Å²) in [6.45, 7) is -2.21. The molecule has 10 atom stereocenters. The third-order valence-electron chi connectivity index (χ3n) is 6.28. The van der Waals surface area contributed by atoms with Crippen molar-refractivity contribution in [1.82, 2.24) is 24.8 Å². The van der Waals surface area contributed by atoms with E-state index in [1.165, 1.54) is 6.34 Å². The van der Waals surface area contributed by atoms with Gasteiger partial charge >= 0.3 is 16.1 Å². The standard InChI is InChI=1S/C20H36N10O13P2/c1-24-7-25-4-9(21)13(32)15(42-44(35)36)11(39-3-2-27-23)6-40-45(37,38)43-16-14(33)10(5-31)41-19(16)30-8-26-12-17(30)28-20(22)29-18(12)34/h2,7-11,13-16,19,31-33,44H,3-6,21,23H2,1H3,(H,24,25)(H,35,36)(H,37,38)(H3,22,28,29,34)/b27-2+/t9-,10-,11-,13+,14-,15-,16-,19-/m1/s1. The van der Waals surface area contributed by atoms with E-state index >= 15 is 0 Å². The molecule has 1 saturated heterocycles. The van der Waals surface area contributed by atoms with E-state index in [1.807, 2.05) is 0 Å². The summed E-state index contributed by atoms with van der Waals surface area (Å²) in [5.41, 5.74) is 10.6. The largest absolute Gasteiger partial charge is 0.472 e. The van der Waals surface area contributed by atoms with E-state index in [4.69, 9.17) is 40.4 Å². The summed E-state index contributed by atoms with van der Waals surface area (Å²) in [6, 6.07) is -1.17. The normalized spacial score (nSPS) is 25.4. The number of aliphatic hydroxyl groups excluding tert-OH is 3. The maximum absolute atomic E-state index is 13.2. The quantitative estimate of drug-likeness (QED) is 0.0232. The predicted octanol–water partition coefficient (Wildman–Crippen LogP) is -4.51. The number of ether oxygens (including phenoxy) is 2. The zero-order valence-electron chi connectivity index (χ0n) is 23.6. The van der Waals surface area contributed by atoms with Crippen LogP contribution in [-0.2, 0) is 32.2 Å². The Morgan fingerprint density at radius 3 is 2.80 bits per heavy atom. The van der Waals surface area contributed by atoms with Gasteiger partial charge in [-0.2, -0.15) is 10.1 Å². The second kappa shape index (κ2) is 16.6. The van der Waals surface area contributed by atoms with Crippen LogP contribution in [0, 0.1) is 0 Å². The van der Waals surface area contributed by atoms with Gasteiger partial charge in [0.2, 0.25) is 5.95 Å². The summed E-state index contributed by atoms with van der Waals surface area (Å²) in [4.78, 5) is 46.4. The summed E-state index contributed by atoms with van der Waals surface area (Å²) >= 11 is 0. The summed E-state index contributed by atoms with van der Waals surface area (Å²) < 4.78 is 52.3. The number of imidazole rings is 1. The lowest BCUT2D eigenvalue weighted by molar-refractivity contribution is -0.0941. The summed E-state index contributed by atoms with van der Waals surface area (Å²) in [5, 5.41) is 37.1. The number of aliphatic imine (C=N–C) groups is 1. The van der Waals surface area contributed by atoms with Crippen LogP contribution in [0.25, 0.3) is 11.2 Å². The average Bonchev–Trinajstić information content (AvgIpc) is 3.53. The topological polar surface area (TPSA) is 360 Å². The molecular formula is C20H36N10O13P2. The first kappa shape index (κ1) is 36.6. The molecule has 1 fully saturated rings. The Bertz CT molecular complexity index is 1440. The van der Waals surface area contributed by atoms with E-state index in [0.717, 1.165) is 17.1 Å². The van der Waals surface area contributed by atoms with Crippen LogP contribution in [0.3, 0.4) is 0 Å². The molecule has 2 aromatic heterocycles. The van der Waals surface area contributed by atoms with Crippen LogP contribution in [0.4, 0.5) is 5.95 Å². The number of nitrogen functional groups attached to an aromatic ring is 1. The van der Waals surface area contributed by atoms with Crippen molar-refractivity contribution in [2.24, 2.45) is 21.7 Å². The number of nitrogens with one attached hydrogen (secondary N) is 2. The highest BCUT2D eigenvalue weighted by Crippen LogP contribution is 2.49. The highest BCUT2D eigenvalue weighted by Gasteiger charge is 2.49. The molecule has 2 aromatic rings. The van der Waals surface area contributed by atoms with Crippen LogP contribution < -0.4 is 28.2 Å². The van der Waals surface area contributed by atoms with Crippen molar-refractivity contribution in [3.63, 3.8) is 0 Å². The zero-order valence-corrected chi connectivity index (χ0v) is 25.5. The van der Waals surface area contributed by atoms with Gasteiger partial charge in [0.15, 0.2) is 17.4 Å². The third kappa shape index (κ3) is 9.56. The molecule has 45 heavy (non-hydrogen) atoms. The molecule has 2 unspecified atom stereocenters. The molecule has 0 amide bonds. The number of aromatic nitrogens is 4. The second-order valence-corrected chi connectivity index (χ2v) is 11.5. The molecule has 0 spiro atoms. The lowest BCUT2D eigenvalue weighted by Crippen LogP contribution is -2.52. The number of hydrogen-bond donors (Lipinski definition) is 10. The van der Waals surface area contributed by atoms with E-state index < -0.39 is 83.7 Å². The van der Waals surface area contributed by atoms with Crippen LogP contribution in [0.2, 0.25) is 0 Å². The van der Waals surface area contributed by atoms with Crippen molar-refractivity contribution in [3.8, 4) is 0 Å². The van der Waals surface area contributed by atoms with E-state index in [-0.39, 0.29) is 30.3 Å². The Morgan fingerprint density at radius 1 is 1.42 bits per heavy atom. The molecule has 0 bridgehead atoms. The highest BCUT2D eigenvalue weighted by molar-refractivity contribution is 7.47. The SMILES string of the molecule is CN/C=N\C[C@@H](N)[C@H](O)[C@H](O[PH](=O)O)[C@@H](COP(=O)(O)O[C@@H]1[C@H](O)[C@@H](CO)O[C@H]1n1cnc2c(=O)[nH]c(N)nc21)OC/C=N/N. The number of phosphoric acid groups is 1. The molecule has 254 valence electrons. The van der Waals surface area contributed by atoms with Gasteiger partial charge in [-0.3, -0.25) is 33.0 Å². The molecule has 0 saturated carbocycles. The number of rotatable bonds is 18. The molecule has 0 aromatic carbocycles. The Labute approximate surface area is 254 Å². The number of fused-ring (bicyclic) bond motifs is 1. The average molecular weight is 687 g/mol. The van der Waals surface area contributed by atoms with Crippen molar-refractivity contribution >= 4 is 45.7 Å². The molecule has 1 aliphatic heterocycles. The maximum atomic E-state index is 13.2. The number of hydrogen-bond acceptors (Lipinski definition) is 18. The highest BCUT2D eigenvalue weighted by atomic mass is 31.2. The number of nitrogens with two attached hydrogens (primary N) is 3. The van der Waals surface area contributed by atoms with Crippen molar-refractivity contribution in [3.05, 3.63) is 16.7 Å². The van der Waals surface area contributed by atoms with Gasteiger partial charge in [0.25, 0.3) is 5.56 Å². The molecule has 25 heteroatoms. The predicted molar refractivity (Wildman–Crippen MR) is 155 cm³/mol. The van der Waals surface area contributed by atoms with Gasteiger partial charge in [0.1, 0.15) is 36.6 Å². The van der Waals surface area contributed by atoms with Crippen molar-refractivity contribution in [2.75, 3.05) is 39.1 Å². The van der Waals surface area contributed by atoms with Gasteiger partial charge in [0.05, 0.1) is 45.1 Å². The lowest BCUT2D eigenvalue weighted by Gasteiger charge is -2.32. The van der Waals surface area contributed by atoms with Gasteiger partial charge in [-0.1, -0.05) is 0 Å². The second-order valence-electron chi connectivity index (χ2n) is 9.34. The van der Waals surface area contributed by atoms with E-state index in [2.05, 4.69) is 30.4 Å². The first-order chi connectivity index (χ1) is 21.3. The summed E-state index contributed by atoms with van der Waals surface area (Å²) in [5.74, 6) is 4.79. The fourth-order valence-electron chi connectivity index (χ4n) is 4.23. The van der Waals surface area contributed by atoms with Crippen LogP contribution in [-0.4, -0.2) is 133 Å². The summed E-state index contributed by atoms with van der Waals surface area (Å²) in [6.07, 6.45) is -7.83. The smallest absolute Gasteiger partial charge is 0.394 e. The van der Waals surface area contributed by atoms with Crippen LogP contribution in [0.5, 0.6) is 0 Å². The Hall–Kier alpha value is -2.89.